The number of benzene rings is 1. The maximum Gasteiger partial charge on any atom is 0.165 e. The number of nitrogens with two attached hydrogens (primary N) is 1. The number of rotatable bonds is 4. The van der Waals surface area contributed by atoms with Gasteiger partial charge in [-0.15, -0.1) is 0 Å². The van der Waals surface area contributed by atoms with Crippen molar-refractivity contribution in [1.29, 1.82) is 0 Å². The van der Waals surface area contributed by atoms with E-state index in [1.165, 1.54) is 0 Å². The summed E-state index contributed by atoms with van der Waals surface area (Å²) in [5.41, 5.74) is 9.10. The van der Waals surface area contributed by atoms with E-state index in [0.29, 0.717) is 24.1 Å². The summed E-state index contributed by atoms with van der Waals surface area (Å²) in [7, 11) is 1.88. The summed E-state index contributed by atoms with van der Waals surface area (Å²) in [6.07, 6.45) is 2.87. The lowest BCUT2D eigenvalue weighted by atomic mass is 10.0. The number of anilines is 1. The number of ketones is 1. The van der Waals surface area contributed by atoms with Crippen LogP contribution in [-0.4, -0.2) is 15.6 Å². The monoisotopic (exact) mass is 243 g/mol. The Morgan fingerprint density at radius 1 is 1.39 bits per heavy atom. The first kappa shape index (κ1) is 12.4. The van der Waals surface area contributed by atoms with Crippen LogP contribution in [0.4, 0.5) is 5.69 Å². The molecule has 0 saturated carbocycles. The van der Waals surface area contributed by atoms with Crippen molar-refractivity contribution in [3.05, 3.63) is 47.3 Å². The molecule has 2 aromatic rings. The van der Waals surface area contributed by atoms with Gasteiger partial charge in [0.25, 0.3) is 0 Å². The van der Waals surface area contributed by atoms with Crippen LogP contribution in [0.5, 0.6) is 0 Å². The van der Waals surface area contributed by atoms with Crippen molar-refractivity contribution >= 4 is 11.5 Å². The third-order valence-electron chi connectivity index (χ3n) is 3.04. The van der Waals surface area contributed by atoms with Gasteiger partial charge in [-0.05, 0) is 31.5 Å². The molecule has 0 unspecified atom stereocenters. The predicted octanol–water partition coefficient (Wildman–Crippen LogP) is 2.13. The number of carbonyl (C=O) groups is 1. The van der Waals surface area contributed by atoms with Crippen LogP contribution in [-0.2, 0) is 13.5 Å². The maximum absolute atomic E-state index is 12.1. The molecular formula is C14H17N3O. The molecule has 1 heterocycles. The summed E-state index contributed by atoms with van der Waals surface area (Å²) in [4.78, 5) is 12.1. The molecule has 1 aromatic heterocycles. The molecule has 0 atom stereocenters. The summed E-state index contributed by atoms with van der Waals surface area (Å²) < 4.78 is 1.78. The van der Waals surface area contributed by atoms with Crippen LogP contribution in [0.15, 0.2) is 30.5 Å². The molecule has 0 amide bonds. The zero-order chi connectivity index (χ0) is 13.1. The molecule has 18 heavy (non-hydrogen) atoms. The highest BCUT2D eigenvalue weighted by Gasteiger charge is 2.11. The van der Waals surface area contributed by atoms with Gasteiger partial charge in [0.1, 0.15) is 0 Å². The summed E-state index contributed by atoms with van der Waals surface area (Å²) in [5.74, 6) is 0.0809. The molecule has 0 aliphatic rings. The Bertz CT molecular complexity index is 572. The molecule has 0 saturated heterocycles. The van der Waals surface area contributed by atoms with Gasteiger partial charge in [-0.2, -0.15) is 5.10 Å². The van der Waals surface area contributed by atoms with Crippen molar-refractivity contribution in [2.45, 2.75) is 19.8 Å². The molecule has 4 heteroatoms. The smallest absolute Gasteiger partial charge is 0.165 e. The lowest BCUT2D eigenvalue weighted by Gasteiger charge is -2.06. The Hall–Kier alpha value is -2.10. The summed E-state index contributed by atoms with van der Waals surface area (Å²) >= 11 is 0. The third kappa shape index (κ3) is 2.59. The van der Waals surface area contributed by atoms with E-state index in [4.69, 9.17) is 5.73 Å². The Morgan fingerprint density at radius 3 is 2.83 bits per heavy atom. The molecular weight excluding hydrogens is 226 g/mol. The van der Waals surface area contributed by atoms with Crippen LogP contribution in [0, 0.1) is 6.92 Å². The summed E-state index contributed by atoms with van der Waals surface area (Å²) in [5, 5.41) is 4.08. The fourth-order valence-corrected chi connectivity index (χ4v) is 1.93. The molecule has 0 aliphatic heterocycles. The standard InChI is InChI=1S/C14H17N3O/c1-10-3-5-13(15)12(9-10)14(18)6-4-11-7-8-16-17(11)2/h3,5,7-9H,4,6,15H2,1-2H3. The Balaban J connectivity index is 2.08. The summed E-state index contributed by atoms with van der Waals surface area (Å²) in [6.45, 7) is 1.96. The predicted molar refractivity (Wildman–Crippen MR) is 71.5 cm³/mol. The molecule has 4 nitrogen and oxygen atoms in total. The van der Waals surface area contributed by atoms with Crippen molar-refractivity contribution in [2.75, 3.05) is 5.73 Å². The fraction of sp³-hybridized carbons (Fsp3) is 0.286. The van der Waals surface area contributed by atoms with Gasteiger partial charge in [-0.3, -0.25) is 9.48 Å². The average molecular weight is 243 g/mol. The second-order valence-electron chi connectivity index (χ2n) is 4.46. The van der Waals surface area contributed by atoms with Crippen molar-refractivity contribution in [3.8, 4) is 0 Å². The van der Waals surface area contributed by atoms with E-state index in [0.717, 1.165) is 11.3 Å². The molecule has 1 aromatic carbocycles. The van der Waals surface area contributed by atoms with E-state index < -0.39 is 0 Å². The minimum absolute atomic E-state index is 0.0809. The van der Waals surface area contributed by atoms with Gasteiger partial charge < -0.3 is 5.73 Å². The number of nitrogens with zero attached hydrogens (tertiary/aromatic N) is 2. The Kier molecular flexibility index (Phi) is 3.46. The molecule has 2 N–H and O–H groups in total. The second-order valence-corrected chi connectivity index (χ2v) is 4.46. The Morgan fingerprint density at radius 2 is 2.17 bits per heavy atom. The number of carbonyl (C=O) groups excluding carboxylic acids is 1. The largest absolute Gasteiger partial charge is 0.398 e. The number of aryl methyl sites for hydroxylation is 3. The highest BCUT2D eigenvalue weighted by atomic mass is 16.1. The van der Waals surface area contributed by atoms with Gasteiger partial charge in [-0.25, -0.2) is 0 Å². The van der Waals surface area contributed by atoms with E-state index in [9.17, 15) is 4.79 Å². The van der Waals surface area contributed by atoms with E-state index in [-0.39, 0.29) is 5.78 Å². The normalized spacial score (nSPS) is 10.6. The average Bonchev–Trinajstić information content (AvgIpc) is 2.75. The highest BCUT2D eigenvalue weighted by Crippen LogP contribution is 2.16. The molecule has 0 spiro atoms. The first-order valence-electron chi connectivity index (χ1n) is 5.94. The highest BCUT2D eigenvalue weighted by molar-refractivity contribution is 6.00. The minimum atomic E-state index is 0.0809. The number of nitrogen functional groups attached to an aromatic ring is 1. The molecule has 0 bridgehead atoms. The molecule has 2 rings (SSSR count). The van der Waals surface area contributed by atoms with Gasteiger partial charge in [0, 0.05) is 36.6 Å². The van der Waals surface area contributed by atoms with Crippen molar-refractivity contribution < 1.29 is 4.79 Å². The van der Waals surface area contributed by atoms with Crippen LogP contribution in [0.2, 0.25) is 0 Å². The number of Topliss-reactive ketones (excluding diaryl/α,β-unsaturated/α-hetero) is 1. The maximum atomic E-state index is 12.1. The van der Waals surface area contributed by atoms with Crippen LogP contribution >= 0.6 is 0 Å². The van der Waals surface area contributed by atoms with Crippen molar-refractivity contribution in [3.63, 3.8) is 0 Å². The van der Waals surface area contributed by atoms with Crippen LogP contribution in [0.1, 0.15) is 28.0 Å². The summed E-state index contributed by atoms with van der Waals surface area (Å²) in [6, 6.07) is 7.47. The molecule has 94 valence electrons. The van der Waals surface area contributed by atoms with Crippen LogP contribution < -0.4 is 5.73 Å². The Labute approximate surface area is 106 Å². The quantitative estimate of drug-likeness (QED) is 0.661. The zero-order valence-corrected chi connectivity index (χ0v) is 10.7. The van der Waals surface area contributed by atoms with E-state index >= 15 is 0 Å². The van der Waals surface area contributed by atoms with Gasteiger partial charge >= 0.3 is 0 Å². The van der Waals surface area contributed by atoms with Gasteiger partial charge in [0.15, 0.2) is 5.78 Å². The molecule has 0 radical (unpaired) electrons. The van der Waals surface area contributed by atoms with E-state index in [2.05, 4.69) is 5.10 Å². The SMILES string of the molecule is Cc1ccc(N)c(C(=O)CCc2ccnn2C)c1. The first-order chi connectivity index (χ1) is 8.58. The topological polar surface area (TPSA) is 60.9 Å². The minimum Gasteiger partial charge on any atom is -0.398 e. The number of aromatic nitrogens is 2. The lowest BCUT2D eigenvalue weighted by Crippen LogP contribution is -2.07. The molecule has 0 aliphatic carbocycles. The van der Waals surface area contributed by atoms with Gasteiger partial charge in [0.2, 0.25) is 0 Å². The number of hydrogen-bond donors (Lipinski definition) is 1. The molecule has 0 fully saturated rings. The van der Waals surface area contributed by atoms with Gasteiger partial charge in [0.05, 0.1) is 0 Å². The second kappa shape index (κ2) is 5.04. The van der Waals surface area contributed by atoms with Gasteiger partial charge in [-0.1, -0.05) is 11.6 Å². The van der Waals surface area contributed by atoms with E-state index in [1.807, 2.05) is 32.2 Å². The zero-order valence-electron chi connectivity index (χ0n) is 10.7. The van der Waals surface area contributed by atoms with Crippen molar-refractivity contribution in [1.82, 2.24) is 9.78 Å². The lowest BCUT2D eigenvalue weighted by molar-refractivity contribution is 0.0983. The van der Waals surface area contributed by atoms with E-state index in [1.54, 1.807) is 16.9 Å². The first-order valence-corrected chi connectivity index (χ1v) is 5.94. The number of hydrogen-bond acceptors (Lipinski definition) is 3. The van der Waals surface area contributed by atoms with Crippen LogP contribution in [0.25, 0.3) is 0 Å². The van der Waals surface area contributed by atoms with Crippen molar-refractivity contribution in [2.24, 2.45) is 7.05 Å². The van der Waals surface area contributed by atoms with Crippen LogP contribution in [0.3, 0.4) is 0 Å². The fourth-order valence-electron chi connectivity index (χ4n) is 1.93. The third-order valence-corrected chi connectivity index (χ3v) is 3.04.